The lowest BCUT2D eigenvalue weighted by atomic mass is 10.0. The third kappa shape index (κ3) is 2.41. The summed E-state index contributed by atoms with van der Waals surface area (Å²) in [5, 5.41) is 3.29. The maximum atomic E-state index is 13.4. The normalized spacial score (nSPS) is 12.0. The van der Waals surface area contributed by atoms with Gasteiger partial charge in [0.25, 0.3) is 0 Å². The van der Waals surface area contributed by atoms with Crippen molar-refractivity contribution in [3.8, 4) is 0 Å². The van der Waals surface area contributed by atoms with Crippen LogP contribution in [0.3, 0.4) is 0 Å². The lowest BCUT2D eigenvalue weighted by molar-refractivity contribution is 1.69. The Hall–Kier alpha value is -4.00. The summed E-state index contributed by atoms with van der Waals surface area (Å²) < 4.78 is 3.03. The molecule has 0 spiro atoms. The fraction of sp³-hybridized carbons (Fsp3) is 0. The van der Waals surface area contributed by atoms with Crippen molar-refractivity contribution < 1.29 is 0 Å². The highest BCUT2D eigenvalue weighted by molar-refractivity contribution is 7.37. The van der Waals surface area contributed by atoms with Crippen molar-refractivity contribution in [2.75, 3.05) is 0 Å². The molecule has 0 fully saturated rings. The fourth-order valence-corrected chi connectivity index (χ4v) is 7.41. The molecule has 4 nitrogen and oxygen atoms in total. The van der Waals surface area contributed by atoms with Crippen LogP contribution < -0.4 is 21.7 Å². The number of fused-ring (bicyclic) bond motifs is 8. The summed E-state index contributed by atoms with van der Waals surface area (Å²) in [7, 11) is 0. The first-order valence-electron chi connectivity index (χ1n) is 10.6. The maximum absolute atomic E-state index is 13.4. The first-order valence-corrected chi connectivity index (χ1v) is 12.2. The Morgan fingerprint density at radius 2 is 0.735 bits per heavy atom. The Labute approximate surface area is 197 Å². The van der Waals surface area contributed by atoms with Crippen LogP contribution in [-0.4, -0.2) is 0 Å². The van der Waals surface area contributed by atoms with Crippen LogP contribution in [-0.2, 0) is 0 Å². The molecule has 0 unspecified atom stereocenters. The molecule has 6 aromatic carbocycles. The molecule has 0 amide bonds. The third-order valence-electron chi connectivity index (χ3n) is 6.44. The molecule has 160 valence electrons. The van der Waals surface area contributed by atoms with Gasteiger partial charge in [-0.2, -0.15) is 0 Å². The molecule has 34 heavy (non-hydrogen) atoms. The molecule has 0 atom stereocenters. The van der Waals surface area contributed by atoms with Crippen LogP contribution in [0.25, 0.3) is 61.9 Å². The molecule has 0 aliphatic heterocycles. The van der Waals surface area contributed by atoms with Crippen LogP contribution in [0.1, 0.15) is 0 Å². The molecule has 0 aliphatic carbocycles. The molecule has 1 aromatic heterocycles. The number of rotatable bonds is 0. The van der Waals surface area contributed by atoms with Gasteiger partial charge in [0.15, 0.2) is 21.7 Å². The standard InChI is InChI=1S/C28H12O4S2/c29-23-13-5-1-3-7-15(13)25(31)21-17(23)9-11-19-27(21)33-20-12-10-18-22(28(20)34-19)26(32)16-8-4-2-6-14(16)24(18)30/h1-12H. The van der Waals surface area contributed by atoms with E-state index in [4.69, 9.17) is 0 Å². The van der Waals surface area contributed by atoms with E-state index in [1.807, 2.05) is 12.1 Å². The topological polar surface area (TPSA) is 68.3 Å². The van der Waals surface area contributed by atoms with E-state index in [0.717, 1.165) is 18.8 Å². The summed E-state index contributed by atoms with van der Waals surface area (Å²) in [6, 6.07) is 20.8. The van der Waals surface area contributed by atoms with Gasteiger partial charge in [-0.25, -0.2) is 0 Å². The Morgan fingerprint density at radius 1 is 0.382 bits per heavy atom. The molecular formula is C28H12O4S2. The zero-order chi connectivity index (χ0) is 23.1. The van der Waals surface area contributed by atoms with Gasteiger partial charge in [-0.1, -0.05) is 48.5 Å². The maximum Gasteiger partial charge on any atom is 0.195 e. The van der Waals surface area contributed by atoms with Gasteiger partial charge in [0.1, 0.15) is 0 Å². The summed E-state index contributed by atoms with van der Waals surface area (Å²) in [5.41, 5.74) is -0.659. The highest BCUT2D eigenvalue weighted by Crippen LogP contribution is 2.38. The highest BCUT2D eigenvalue weighted by atomic mass is 32.1. The molecule has 6 heteroatoms. The van der Waals surface area contributed by atoms with Crippen molar-refractivity contribution in [2.24, 2.45) is 0 Å². The van der Waals surface area contributed by atoms with E-state index in [-0.39, 0.29) is 21.7 Å². The van der Waals surface area contributed by atoms with E-state index in [0.29, 0.717) is 43.1 Å². The van der Waals surface area contributed by atoms with Crippen molar-refractivity contribution in [1.29, 1.82) is 0 Å². The van der Waals surface area contributed by atoms with Gasteiger partial charge >= 0.3 is 0 Å². The monoisotopic (exact) mass is 476 g/mol. The SMILES string of the molecule is O=c1c2ccccc2c(=O)c2c1ccc1sc3c(ccc4c(=O)c5ccccc5c(=O)c43)sc12. The third-order valence-corrected chi connectivity index (χ3v) is 9.08. The minimum Gasteiger partial charge on any atom is -0.289 e. The van der Waals surface area contributed by atoms with E-state index < -0.39 is 0 Å². The Kier molecular flexibility index (Phi) is 3.87. The lowest BCUT2D eigenvalue weighted by Crippen LogP contribution is -2.13. The van der Waals surface area contributed by atoms with Crippen LogP contribution in [0, 0.1) is 0 Å². The van der Waals surface area contributed by atoms with E-state index in [2.05, 4.69) is 0 Å². The average Bonchev–Trinajstić information content (AvgIpc) is 2.88. The minimum atomic E-state index is -0.170. The van der Waals surface area contributed by atoms with E-state index in [1.165, 1.54) is 22.7 Å². The smallest absolute Gasteiger partial charge is 0.195 e. The Balaban J connectivity index is 1.72. The summed E-state index contributed by atoms with van der Waals surface area (Å²) in [5.74, 6) is 0. The van der Waals surface area contributed by atoms with Crippen LogP contribution in [0.4, 0.5) is 0 Å². The molecule has 1 heterocycles. The molecule has 0 N–H and O–H groups in total. The molecule has 0 aliphatic rings. The summed E-state index contributed by atoms with van der Waals surface area (Å²) in [4.78, 5) is 53.1. The molecule has 7 aromatic rings. The van der Waals surface area contributed by atoms with Crippen molar-refractivity contribution in [3.63, 3.8) is 0 Å². The average molecular weight is 477 g/mol. The van der Waals surface area contributed by atoms with Crippen LogP contribution in [0.5, 0.6) is 0 Å². The Bertz CT molecular complexity index is 2100. The van der Waals surface area contributed by atoms with Gasteiger partial charge < -0.3 is 0 Å². The van der Waals surface area contributed by atoms with Crippen molar-refractivity contribution in [2.45, 2.75) is 0 Å². The van der Waals surface area contributed by atoms with Gasteiger partial charge in [0.05, 0.1) is 20.2 Å². The largest absolute Gasteiger partial charge is 0.289 e. The van der Waals surface area contributed by atoms with Crippen molar-refractivity contribution >= 4 is 84.6 Å². The van der Waals surface area contributed by atoms with Crippen LogP contribution in [0.2, 0.25) is 0 Å². The zero-order valence-electron chi connectivity index (χ0n) is 17.4. The van der Waals surface area contributed by atoms with Gasteiger partial charge in [-0.05, 0) is 24.3 Å². The quantitative estimate of drug-likeness (QED) is 0.211. The zero-order valence-corrected chi connectivity index (χ0v) is 19.0. The van der Waals surface area contributed by atoms with Crippen LogP contribution in [0.15, 0.2) is 92.0 Å². The number of hydrogen-bond donors (Lipinski definition) is 0. The Morgan fingerprint density at radius 3 is 1.12 bits per heavy atom. The minimum absolute atomic E-state index is 0.160. The summed E-state index contributed by atoms with van der Waals surface area (Å²) >= 11 is 2.76. The van der Waals surface area contributed by atoms with E-state index in [1.54, 1.807) is 60.7 Å². The first kappa shape index (κ1) is 19.5. The number of benzene rings is 6. The molecule has 0 saturated heterocycles. The second-order valence-corrected chi connectivity index (χ2v) is 10.3. The molecular weight excluding hydrogens is 464 g/mol. The van der Waals surface area contributed by atoms with Gasteiger partial charge in [0, 0.05) is 41.7 Å². The lowest BCUT2D eigenvalue weighted by Gasteiger charge is -2.08. The van der Waals surface area contributed by atoms with Crippen LogP contribution >= 0.6 is 22.7 Å². The summed E-state index contributed by atoms with van der Waals surface area (Å²) in [6.07, 6.45) is 0. The fourth-order valence-electron chi connectivity index (χ4n) is 4.86. The second kappa shape index (κ2) is 6.76. The number of hydrogen-bond acceptors (Lipinski definition) is 6. The van der Waals surface area contributed by atoms with Gasteiger partial charge in [-0.15, -0.1) is 22.7 Å². The van der Waals surface area contributed by atoms with E-state index >= 15 is 0 Å². The molecule has 0 radical (unpaired) electrons. The highest BCUT2D eigenvalue weighted by Gasteiger charge is 2.17. The molecule has 0 bridgehead atoms. The second-order valence-electron chi connectivity index (χ2n) is 8.24. The predicted octanol–water partition coefficient (Wildman–Crippen LogP) is 5.61. The van der Waals surface area contributed by atoms with Gasteiger partial charge in [0.2, 0.25) is 0 Å². The van der Waals surface area contributed by atoms with Gasteiger partial charge in [-0.3, -0.25) is 19.2 Å². The molecule has 0 saturated carbocycles. The van der Waals surface area contributed by atoms with Crippen molar-refractivity contribution in [1.82, 2.24) is 0 Å². The first-order chi connectivity index (χ1) is 16.5. The van der Waals surface area contributed by atoms with Crippen molar-refractivity contribution in [3.05, 3.63) is 114 Å². The predicted molar refractivity (Wildman–Crippen MR) is 143 cm³/mol. The van der Waals surface area contributed by atoms with E-state index in [9.17, 15) is 19.2 Å². The molecule has 7 rings (SSSR count). The summed E-state index contributed by atoms with van der Waals surface area (Å²) in [6.45, 7) is 0.